The zero-order valence-corrected chi connectivity index (χ0v) is 12.5. The van der Waals surface area contributed by atoms with E-state index in [2.05, 4.69) is 10.6 Å². The third kappa shape index (κ3) is 4.21. The van der Waals surface area contributed by atoms with Crippen LogP contribution >= 0.6 is 0 Å². The molecule has 118 valence electrons. The number of carbonyl (C=O) groups is 3. The van der Waals surface area contributed by atoms with Gasteiger partial charge in [-0.3, -0.25) is 4.79 Å². The number of rotatable bonds is 3. The largest absolute Gasteiger partial charge is 0.351 e. The second-order valence-electron chi connectivity index (χ2n) is 5.36. The fourth-order valence-corrected chi connectivity index (χ4v) is 2.44. The summed E-state index contributed by atoms with van der Waals surface area (Å²) in [5.74, 6) is -0.0234. The van der Waals surface area contributed by atoms with E-state index < -0.39 is 6.03 Å². The highest BCUT2D eigenvalue weighted by molar-refractivity contribution is 5.95. The zero-order valence-electron chi connectivity index (χ0n) is 12.5. The smallest absolute Gasteiger partial charge is 0.319 e. The van der Waals surface area contributed by atoms with Gasteiger partial charge in [-0.15, -0.1) is 0 Å². The van der Waals surface area contributed by atoms with Crippen LogP contribution in [0.15, 0.2) is 24.3 Å². The van der Waals surface area contributed by atoms with Gasteiger partial charge in [0.25, 0.3) is 0 Å². The Morgan fingerprint density at radius 3 is 2.50 bits per heavy atom. The van der Waals surface area contributed by atoms with Crippen LogP contribution in [0.5, 0.6) is 0 Å². The summed E-state index contributed by atoms with van der Waals surface area (Å²) in [4.78, 5) is 35.8. The number of nitrogens with one attached hydrogen (secondary N) is 2. The molecule has 1 fully saturated rings. The van der Waals surface area contributed by atoms with Crippen molar-refractivity contribution in [1.29, 1.82) is 0 Å². The first-order valence-electron chi connectivity index (χ1n) is 7.18. The van der Waals surface area contributed by atoms with Gasteiger partial charge in [0.2, 0.25) is 0 Å². The van der Waals surface area contributed by atoms with E-state index in [4.69, 9.17) is 5.73 Å². The molecule has 1 aliphatic heterocycles. The average Bonchev–Trinajstić information content (AvgIpc) is 2.47. The summed E-state index contributed by atoms with van der Waals surface area (Å²) in [5, 5.41) is 5.53. The Balaban J connectivity index is 1.87. The highest BCUT2D eigenvalue weighted by Crippen LogP contribution is 2.12. The number of benzene rings is 1. The summed E-state index contributed by atoms with van der Waals surface area (Å²) < 4.78 is 0. The summed E-state index contributed by atoms with van der Waals surface area (Å²) in [5.41, 5.74) is 6.45. The number of hydrogen-bond donors (Lipinski definition) is 3. The molecule has 0 radical (unpaired) electrons. The van der Waals surface area contributed by atoms with E-state index >= 15 is 0 Å². The van der Waals surface area contributed by atoms with Gasteiger partial charge in [-0.25, -0.2) is 9.59 Å². The highest BCUT2D eigenvalue weighted by atomic mass is 16.2. The first-order chi connectivity index (χ1) is 10.5. The number of Topliss-reactive ketones (excluding diaryl/α,β-unsaturated/α-hetero) is 1. The molecule has 7 heteroatoms. The second-order valence-corrected chi connectivity index (χ2v) is 5.36. The number of nitrogens with zero attached hydrogens (tertiary/aromatic N) is 1. The molecule has 0 unspecified atom stereocenters. The van der Waals surface area contributed by atoms with Crippen LogP contribution in [0.2, 0.25) is 0 Å². The lowest BCUT2D eigenvalue weighted by Gasteiger charge is -2.31. The third-order valence-corrected chi connectivity index (χ3v) is 3.62. The van der Waals surface area contributed by atoms with E-state index in [1.54, 1.807) is 24.3 Å². The minimum absolute atomic E-state index is 0.0234. The molecule has 22 heavy (non-hydrogen) atoms. The van der Waals surface area contributed by atoms with Gasteiger partial charge in [-0.05, 0) is 44.0 Å². The Morgan fingerprint density at radius 2 is 1.91 bits per heavy atom. The maximum Gasteiger partial charge on any atom is 0.319 e. The normalized spacial score (nSPS) is 17.7. The van der Waals surface area contributed by atoms with E-state index in [9.17, 15) is 14.4 Å². The molecule has 0 saturated carbocycles. The number of ketones is 1. The molecule has 7 nitrogen and oxygen atoms in total. The second kappa shape index (κ2) is 6.93. The van der Waals surface area contributed by atoms with Crippen LogP contribution in [0.4, 0.5) is 15.3 Å². The molecule has 1 aromatic carbocycles. The molecule has 1 aromatic rings. The number of carbonyl (C=O) groups excluding carboxylic acids is 3. The summed E-state index contributed by atoms with van der Waals surface area (Å²) >= 11 is 0. The van der Waals surface area contributed by atoms with Crippen LogP contribution in [-0.4, -0.2) is 41.9 Å². The summed E-state index contributed by atoms with van der Waals surface area (Å²) in [6, 6.07) is 5.75. The van der Waals surface area contributed by atoms with Gasteiger partial charge in [0.1, 0.15) is 0 Å². The van der Waals surface area contributed by atoms with Crippen molar-refractivity contribution >= 4 is 23.5 Å². The van der Waals surface area contributed by atoms with Crippen LogP contribution in [0.1, 0.15) is 30.1 Å². The van der Waals surface area contributed by atoms with Crippen LogP contribution in [0, 0.1) is 0 Å². The number of primary amides is 1. The first-order valence-corrected chi connectivity index (χ1v) is 7.18. The van der Waals surface area contributed by atoms with Crippen molar-refractivity contribution in [2.45, 2.75) is 25.8 Å². The van der Waals surface area contributed by atoms with Crippen molar-refractivity contribution < 1.29 is 14.4 Å². The van der Waals surface area contributed by atoms with E-state index in [-0.39, 0.29) is 17.9 Å². The number of hydrogen-bond acceptors (Lipinski definition) is 3. The lowest BCUT2D eigenvalue weighted by atomic mass is 10.1. The number of urea groups is 2. The van der Waals surface area contributed by atoms with Crippen molar-refractivity contribution in [3.8, 4) is 0 Å². The Hall–Kier alpha value is -2.57. The molecule has 2 rings (SSSR count). The van der Waals surface area contributed by atoms with Gasteiger partial charge in [-0.2, -0.15) is 0 Å². The summed E-state index contributed by atoms with van der Waals surface area (Å²) in [7, 11) is 0. The lowest BCUT2D eigenvalue weighted by Crippen LogP contribution is -2.51. The number of amides is 4. The van der Waals surface area contributed by atoms with Crippen LogP contribution in [0.25, 0.3) is 0 Å². The van der Waals surface area contributed by atoms with Gasteiger partial charge in [0.15, 0.2) is 5.78 Å². The third-order valence-electron chi connectivity index (χ3n) is 3.62. The molecule has 0 aliphatic carbocycles. The molecular formula is C15H20N4O3. The Bertz CT molecular complexity index is 571. The number of anilines is 1. The molecule has 4 N–H and O–H groups in total. The van der Waals surface area contributed by atoms with Crippen molar-refractivity contribution in [2.75, 3.05) is 18.4 Å². The monoisotopic (exact) mass is 304 g/mol. The number of piperidine rings is 1. The Morgan fingerprint density at radius 1 is 1.23 bits per heavy atom. The van der Waals surface area contributed by atoms with E-state index in [1.807, 2.05) is 0 Å². The maximum absolute atomic E-state index is 12.0. The van der Waals surface area contributed by atoms with Crippen molar-refractivity contribution in [2.24, 2.45) is 5.73 Å². The summed E-state index contributed by atoms with van der Waals surface area (Å²) in [6.45, 7) is 2.54. The minimum Gasteiger partial charge on any atom is -0.351 e. The molecule has 1 heterocycles. The highest BCUT2D eigenvalue weighted by Gasteiger charge is 2.23. The fourth-order valence-electron chi connectivity index (χ4n) is 2.44. The predicted molar refractivity (Wildman–Crippen MR) is 82.8 cm³/mol. The van der Waals surface area contributed by atoms with E-state index in [0.717, 1.165) is 12.8 Å². The van der Waals surface area contributed by atoms with Gasteiger partial charge in [-0.1, -0.05) is 0 Å². The van der Waals surface area contributed by atoms with Gasteiger partial charge >= 0.3 is 12.1 Å². The summed E-state index contributed by atoms with van der Waals surface area (Å²) in [6.07, 6.45) is 1.61. The number of likely N-dealkylation sites (tertiary alicyclic amines) is 1. The van der Waals surface area contributed by atoms with Crippen molar-refractivity contribution in [3.05, 3.63) is 29.8 Å². The molecule has 1 aliphatic rings. The van der Waals surface area contributed by atoms with Crippen LogP contribution < -0.4 is 16.4 Å². The standard InChI is InChI=1S/C15H20N4O3/c1-10(20)11-4-6-12(7-5-11)17-15(22)18-13-3-2-8-19(9-13)14(16)21/h4-7,13H,2-3,8-9H2,1H3,(H2,16,21)(H2,17,18,22)/t13-/m1/s1. The lowest BCUT2D eigenvalue weighted by molar-refractivity contribution is 0.101. The van der Waals surface area contributed by atoms with Crippen LogP contribution in [-0.2, 0) is 0 Å². The van der Waals surface area contributed by atoms with Crippen molar-refractivity contribution in [1.82, 2.24) is 10.2 Å². The molecule has 0 spiro atoms. The zero-order chi connectivity index (χ0) is 16.1. The Kier molecular flexibility index (Phi) is 4.98. The minimum atomic E-state index is -0.466. The molecule has 4 amide bonds. The number of nitrogens with two attached hydrogens (primary N) is 1. The van der Waals surface area contributed by atoms with Gasteiger partial charge in [0.05, 0.1) is 0 Å². The first kappa shape index (κ1) is 15.8. The van der Waals surface area contributed by atoms with E-state index in [0.29, 0.717) is 24.3 Å². The molecular weight excluding hydrogens is 284 g/mol. The SMILES string of the molecule is CC(=O)c1ccc(NC(=O)N[C@@H]2CCCN(C(N)=O)C2)cc1. The van der Waals surface area contributed by atoms with Crippen molar-refractivity contribution in [3.63, 3.8) is 0 Å². The molecule has 1 atom stereocenters. The average molecular weight is 304 g/mol. The van der Waals surface area contributed by atoms with E-state index in [1.165, 1.54) is 11.8 Å². The molecule has 1 saturated heterocycles. The van der Waals surface area contributed by atoms with Crippen LogP contribution in [0.3, 0.4) is 0 Å². The van der Waals surface area contributed by atoms with Gasteiger partial charge in [0, 0.05) is 30.4 Å². The quantitative estimate of drug-likeness (QED) is 0.738. The fraction of sp³-hybridized carbons (Fsp3) is 0.400. The maximum atomic E-state index is 12.0. The van der Waals surface area contributed by atoms with Gasteiger partial charge < -0.3 is 21.3 Å². The molecule has 0 bridgehead atoms. The Labute approximate surface area is 128 Å². The molecule has 0 aromatic heterocycles. The predicted octanol–water partition coefficient (Wildman–Crippen LogP) is 1.55. The topological polar surface area (TPSA) is 105 Å².